The Hall–Kier alpha value is -1.02. The maximum Gasteiger partial charge on any atom is 0.0369 e. The molecule has 0 heterocycles. The number of rotatable bonds is 8. The van der Waals surface area contributed by atoms with Gasteiger partial charge in [-0.2, -0.15) is 0 Å². The number of benzene rings is 1. The first-order chi connectivity index (χ1) is 9.15. The van der Waals surface area contributed by atoms with Gasteiger partial charge in [-0.05, 0) is 50.1 Å². The number of hydrogen-bond acceptors (Lipinski definition) is 2. The number of aryl methyl sites for hydroxylation is 1. The van der Waals surface area contributed by atoms with Crippen molar-refractivity contribution in [3.8, 4) is 0 Å². The van der Waals surface area contributed by atoms with Crippen LogP contribution in [0.15, 0.2) is 18.2 Å². The minimum Gasteiger partial charge on any atom is -0.372 e. The van der Waals surface area contributed by atoms with Crippen LogP contribution in [0, 0.1) is 12.8 Å². The summed E-state index contributed by atoms with van der Waals surface area (Å²) < 4.78 is 0. The summed E-state index contributed by atoms with van der Waals surface area (Å²) in [5.41, 5.74) is 4.14. The zero-order chi connectivity index (χ0) is 14.3. The Labute approximate surface area is 119 Å². The molecule has 1 rings (SSSR count). The van der Waals surface area contributed by atoms with E-state index in [2.05, 4.69) is 56.1 Å². The third-order valence-electron chi connectivity index (χ3n) is 4.07. The lowest BCUT2D eigenvalue weighted by Gasteiger charge is -2.28. The molecule has 19 heavy (non-hydrogen) atoms. The summed E-state index contributed by atoms with van der Waals surface area (Å²) >= 11 is 0. The zero-order valence-corrected chi connectivity index (χ0v) is 13.3. The molecule has 0 unspecified atom stereocenters. The summed E-state index contributed by atoms with van der Waals surface area (Å²) in [6, 6.07) is 6.86. The van der Waals surface area contributed by atoms with Gasteiger partial charge in [0.05, 0.1) is 0 Å². The van der Waals surface area contributed by atoms with Crippen LogP contribution in [0.5, 0.6) is 0 Å². The Bertz CT molecular complexity index is 370. The van der Waals surface area contributed by atoms with E-state index in [9.17, 15) is 0 Å². The monoisotopic (exact) mass is 262 g/mol. The van der Waals surface area contributed by atoms with Gasteiger partial charge in [-0.1, -0.05) is 32.8 Å². The summed E-state index contributed by atoms with van der Waals surface area (Å²) in [5, 5.41) is 3.22. The quantitative estimate of drug-likeness (QED) is 0.762. The molecule has 0 spiro atoms. The maximum absolute atomic E-state index is 3.22. The lowest BCUT2D eigenvalue weighted by atomic mass is 10.0. The summed E-state index contributed by atoms with van der Waals surface area (Å²) in [6.07, 6.45) is 2.54. The molecule has 0 saturated carbocycles. The molecule has 0 aromatic heterocycles. The number of anilines is 1. The molecular weight excluding hydrogens is 232 g/mol. The van der Waals surface area contributed by atoms with Gasteiger partial charge < -0.3 is 10.2 Å². The SMILES string of the molecule is CCC(CC)CN(CC)c1ccc(CNC)c(C)c1. The minimum absolute atomic E-state index is 0.803. The third-order valence-corrected chi connectivity index (χ3v) is 4.07. The second-order valence-corrected chi connectivity index (χ2v) is 5.36. The minimum atomic E-state index is 0.803. The molecule has 0 bridgehead atoms. The van der Waals surface area contributed by atoms with Gasteiger partial charge in [-0.3, -0.25) is 0 Å². The van der Waals surface area contributed by atoms with Crippen LogP contribution in [-0.2, 0) is 6.54 Å². The maximum atomic E-state index is 3.22. The van der Waals surface area contributed by atoms with E-state index in [0.717, 1.165) is 19.0 Å². The molecule has 2 heteroatoms. The van der Waals surface area contributed by atoms with Crippen molar-refractivity contribution in [1.82, 2.24) is 5.32 Å². The predicted octanol–water partition coefficient (Wildman–Crippen LogP) is 3.98. The summed E-state index contributed by atoms with van der Waals surface area (Å²) in [7, 11) is 2.00. The van der Waals surface area contributed by atoms with Crippen LogP contribution in [0.25, 0.3) is 0 Å². The van der Waals surface area contributed by atoms with Crippen LogP contribution < -0.4 is 10.2 Å². The second-order valence-electron chi connectivity index (χ2n) is 5.36. The van der Waals surface area contributed by atoms with Crippen LogP contribution >= 0.6 is 0 Å². The number of nitrogens with zero attached hydrogens (tertiary/aromatic N) is 1. The lowest BCUT2D eigenvalue weighted by Crippen LogP contribution is -2.29. The Morgan fingerprint density at radius 2 is 1.84 bits per heavy atom. The van der Waals surface area contributed by atoms with E-state index in [4.69, 9.17) is 0 Å². The van der Waals surface area contributed by atoms with Gasteiger partial charge in [0.1, 0.15) is 0 Å². The third kappa shape index (κ3) is 4.54. The van der Waals surface area contributed by atoms with Crippen LogP contribution in [-0.4, -0.2) is 20.1 Å². The zero-order valence-electron chi connectivity index (χ0n) is 13.3. The van der Waals surface area contributed by atoms with E-state index in [1.807, 2.05) is 7.05 Å². The largest absolute Gasteiger partial charge is 0.372 e. The molecule has 0 aliphatic rings. The molecule has 0 amide bonds. The fourth-order valence-electron chi connectivity index (χ4n) is 2.54. The van der Waals surface area contributed by atoms with Gasteiger partial charge in [0.2, 0.25) is 0 Å². The van der Waals surface area contributed by atoms with Crippen molar-refractivity contribution in [3.63, 3.8) is 0 Å². The topological polar surface area (TPSA) is 15.3 Å². The van der Waals surface area contributed by atoms with Crippen molar-refractivity contribution in [2.75, 3.05) is 25.0 Å². The first kappa shape index (κ1) is 16.0. The van der Waals surface area contributed by atoms with Gasteiger partial charge in [-0.15, -0.1) is 0 Å². The molecule has 1 aromatic rings. The molecule has 0 fully saturated rings. The van der Waals surface area contributed by atoms with Crippen LogP contribution in [0.4, 0.5) is 5.69 Å². The highest BCUT2D eigenvalue weighted by molar-refractivity contribution is 5.50. The summed E-state index contributed by atoms with van der Waals surface area (Å²) in [6.45, 7) is 12.3. The van der Waals surface area contributed by atoms with E-state index >= 15 is 0 Å². The van der Waals surface area contributed by atoms with E-state index in [1.165, 1.54) is 36.2 Å². The van der Waals surface area contributed by atoms with Crippen molar-refractivity contribution in [3.05, 3.63) is 29.3 Å². The van der Waals surface area contributed by atoms with Crippen molar-refractivity contribution in [2.45, 2.75) is 47.1 Å². The van der Waals surface area contributed by atoms with Gasteiger partial charge in [0, 0.05) is 25.3 Å². The van der Waals surface area contributed by atoms with Crippen LogP contribution in [0.3, 0.4) is 0 Å². The summed E-state index contributed by atoms with van der Waals surface area (Å²) in [4.78, 5) is 2.51. The highest BCUT2D eigenvalue weighted by Gasteiger charge is 2.11. The van der Waals surface area contributed by atoms with Crippen molar-refractivity contribution >= 4 is 5.69 Å². The summed E-state index contributed by atoms with van der Waals surface area (Å²) in [5.74, 6) is 0.803. The van der Waals surface area contributed by atoms with Crippen LogP contribution in [0.1, 0.15) is 44.7 Å². The number of nitrogens with one attached hydrogen (secondary N) is 1. The van der Waals surface area contributed by atoms with E-state index in [-0.39, 0.29) is 0 Å². The molecule has 1 N–H and O–H groups in total. The number of hydrogen-bond donors (Lipinski definition) is 1. The average Bonchev–Trinajstić information content (AvgIpc) is 2.43. The fourth-order valence-corrected chi connectivity index (χ4v) is 2.54. The van der Waals surface area contributed by atoms with E-state index < -0.39 is 0 Å². The fraction of sp³-hybridized carbons (Fsp3) is 0.647. The van der Waals surface area contributed by atoms with Gasteiger partial charge in [0.15, 0.2) is 0 Å². The molecule has 0 aliphatic carbocycles. The Morgan fingerprint density at radius 1 is 1.16 bits per heavy atom. The molecule has 0 atom stereocenters. The Kier molecular flexibility index (Phi) is 6.93. The highest BCUT2D eigenvalue weighted by atomic mass is 15.1. The predicted molar refractivity (Wildman–Crippen MR) is 85.9 cm³/mol. The standard InChI is InChI=1S/C17H30N2/c1-6-15(7-2)13-19(8-3)17-10-9-16(12-18-5)14(4)11-17/h9-11,15,18H,6-8,12-13H2,1-5H3. The van der Waals surface area contributed by atoms with E-state index in [1.54, 1.807) is 0 Å². The van der Waals surface area contributed by atoms with E-state index in [0.29, 0.717) is 0 Å². The highest BCUT2D eigenvalue weighted by Crippen LogP contribution is 2.21. The average molecular weight is 262 g/mol. The van der Waals surface area contributed by atoms with Gasteiger partial charge >= 0.3 is 0 Å². The molecule has 108 valence electrons. The molecule has 0 radical (unpaired) electrons. The molecule has 0 saturated heterocycles. The van der Waals surface area contributed by atoms with Crippen molar-refractivity contribution in [1.29, 1.82) is 0 Å². The smallest absolute Gasteiger partial charge is 0.0369 e. The first-order valence-corrected chi connectivity index (χ1v) is 7.65. The van der Waals surface area contributed by atoms with Crippen LogP contribution in [0.2, 0.25) is 0 Å². The Morgan fingerprint density at radius 3 is 2.32 bits per heavy atom. The Balaban J connectivity index is 2.83. The molecule has 1 aromatic carbocycles. The normalized spacial score (nSPS) is 11.1. The molecular formula is C17H30N2. The molecule has 0 aliphatic heterocycles. The molecule has 2 nitrogen and oxygen atoms in total. The van der Waals surface area contributed by atoms with Gasteiger partial charge in [0.25, 0.3) is 0 Å². The first-order valence-electron chi connectivity index (χ1n) is 7.65. The van der Waals surface area contributed by atoms with Crippen molar-refractivity contribution < 1.29 is 0 Å². The lowest BCUT2D eigenvalue weighted by molar-refractivity contribution is 0.486. The second kappa shape index (κ2) is 8.21. The van der Waals surface area contributed by atoms with Crippen molar-refractivity contribution in [2.24, 2.45) is 5.92 Å². The van der Waals surface area contributed by atoms with Gasteiger partial charge in [-0.25, -0.2) is 0 Å².